The summed E-state index contributed by atoms with van der Waals surface area (Å²) in [6.45, 7) is 3.34. The normalized spacial score (nSPS) is 11.9. The van der Waals surface area contributed by atoms with Crippen molar-refractivity contribution in [1.82, 2.24) is 9.97 Å². The molecule has 0 aliphatic heterocycles. The van der Waals surface area contributed by atoms with Crippen LogP contribution in [0.1, 0.15) is 12.5 Å². The van der Waals surface area contributed by atoms with Gasteiger partial charge in [-0.05, 0) is 31.5 Å². The van der Waals surface area contributed by atoms with Crippen LogP contribution in [0.4, 0.5) is 5.69 Å². The van der Waals surface area contributed by atoms with Crippen molar-refractivity contribution in [2.24, 2.45) is 0 Å². The average molecular weight is 255 g/mol. The Morgan fingerprint density at radius 3 is 2.41 bits per heavy atom. The number of aromatic nitrogens is 2. The molecule has 0 fully saturated rings. The summed E-state index contributed by atoms with van der Waals surface area (Å²) in [6.07, 6.45) is 0. The van der Waals surface area contributed by atoms with E-state index in [1.54, 1.807) is 26.0 Å². The highest BCUT2D eigenvalue weighted by molar-refractivity contribution is 7.92. The predicted octanol–water partition coefficient (Wildman–Crippen LogP) is 0.926. The molecule has 0 aliphatic carbocycles. The predicted molar refractivity (Wildman–Crippen MR) is 66.7 cm³/mol. The van der Waals surface area contributed by atoms with Crippen LogP contribution in [0.3, 0.4) is 0 Å². The van der Waals surface area contributed by atoms with Crippen molar-refractivity contribution < 1.29 is 8.42 Å². The first kappa shape index (κ1) is 11.7. The number of aryl methyl sites for hydroxylation is 1. The number of hydrogen-bond donors (Lipinski definition) is 3. The maximum Gasteiger partial charge on any atom is 0.323 e. The minimum Gasteiger partial charge on any atom is -0.306 e. The summed E-state index contributed by atoms with van der Waals surface area (Å²) in [7, 11) is -3.31. The van der Waals surface area contributed by atoms with E-state index in [9.17, 15) is 13.2 Å². The second kappa shape index (κ2) is 3.92. The minimum absolute atomic E-state index is 0.00807. The van der Waals surface area contributed by atoms with Gasteiger partial charge in [0.2, 0.25) is 10.0 Å². The first-order valence-corrected chi connectivity index (χ1v) is 6.79. The number of sulfonamides is 1. The Kier molecular flexibility index (Phi) is 2.70. The van der Waals surface area contributed by atoms with Gasteiger partial charge in [-0.15, -0.1) is 0 Å². The van der Waals surface area contributed by atoms with Crippen LogP contribution in [0.2, 0.25) is 0 Å². The van der Waals surface area contributed by atoms with E-state index >= 15 is 0 Å². The van der Waals surface area contributed by atoms with Crippen molar-refractivity contribution in [3.63, 3.8) is 0 Å². The van der Waals surface area contributed by atoms with Gasteiger partial charge in [-0.2, -0.15) is 0 Å². The lowest BCUT2D eigenvalue weighted by Gasteiger charge is -2.08. The van der Waals surface area contributed by atoms with Gasteiger partial charge in [0.1, 0.15) is 0 Å². The van der Waals surface area contributed by atoms with Gasteiger partial charge in [-0.25, -0.2) is 13.2 Å². The van der Waals surface area contributed by atoms with Crippen LogP contribution in [-0.4, -0.2) is 24.1 Å². The second-order valence-corrected chi connectivity index (χ2v) is 5.81. The molecule has 6 nitrogen and oxygen atoms in total. The highest BCUT2D eigenvalue weighted by Gasteiger charge is 2.10. The van der Waals surface area contributed by atoms with Gasteiger partial charge in [-0.3, -0.25) is 4.72 Å². The Balaban J connectivity index is 2.54. The van der Waals surface area contributed by atoms with Crippen LogP contribution in [-0.2, 0) is 10.0 Å². The molecule has 1 aromatic carbocycles. The number of rotatable bonds is 3. The zero-order valence-corrected chi connectivity index (χ0v) is 10.3. The van der Waals surface area contributed by atoms with E-state index in [-0.39, 0.29) is 11.4 Å². The highest BCUT2D eigenvalue weighted by Crippen LogP contribution is 2.21. The van der Waals surface area contributed by atoms with E-state index in [0.717, 1.165) is 5.56 Å². The third-order valence-electron chi connectivity index (χ3n) is 2.51. The third kappa shape index (κ3) is 2.33. The summed E-state index contributed by atoms with van der Waals surface area (Å²) in [5.41, 5.74) is 2.16. The maximum atomic E-state index is 11.5. The number of imidazole rings is 1. The van der Waals surface area contributed by atoms with E-state index in [1.165, 1.54) is 0 Å². The SMILES string of the molecule is CCS(=O)(=O)Nc1cc2[nH]c(=O)[nH]c2cc1C. The zero-order valence-electron chi connectivity index (χ0n) is 9.49. The summed E-state index contributed by atoms with van der Waals surface area (Å²) < 4.78 is 25.4. The number of aromatic amines is 2. The van der Waals surface area contributed by atoms with Crippen molar-refractivity contribution >= 4 is 26.7 Å². The van der Waals surface area contributed by atoms with Crippen LogP contribution in [0.15, 0.2) is 16.9 Å². The van der Waals surface area contributed by atoms with Gasteiger partial charge >= 0.3 is 5.69 Å². The van der Waals surface area contributed by atoms with Gasteiger partial charge in [-0.1, -0.05) is 0 Å². The maximum absolute atomic E-state index is 11.5. The molecule has 17 heavy (non-hydrogen) atoms. The molecule has 0 amide bonds. The zero-order chi connectivity index (χ0) is 12.6. The molecule has 1 aromatic heterocycles. The van der Waals surface area contributed by atoms with Crippen molar-refractivity contribution in [3.05, 3.63) is 28.2 Å². The van der Waals surface area contributed by atoms with Crippen LogP contribution < -0.4 is 10.4 Å². The Morgan fingerprint density at radius 1 is 1.24 bits per heavy atom. The molecule has 0 atom stereocenters. The fourth-order valence-electron chi connectivity index (χ4n) is 1.54. The van der Waals surface area contributed by atoms with Gasteiger partial charge in [0.05, 0.1) is 22.5 Å². The fraction of sp³-hybridized carbons (Fsp3) is 0.300. The van der Waals surface area contributed by atoms with E-state index in [2.05, 4.69) is 14.7 Å². The van der Waals surface area contributed by atoms with Crippen molar-refractivity contribution in [2.45, 2.75) is 13.8 Å². The largest absolute Gasteiger partial charge is 0.323 e. The fourth-order valence-corrected chi connectivity index (χ4v) is 2.24. The van der Waals surface area contributed by atoms with Gasteiger partial charge in [0, 0.05) is 0 Å². The molecule has 1 heterocycles. The molecular weight excluding hydrogens is 242 g/mol. The number of fused-ring (bicyclic) bond motifs is 1. The average Bonchev–Trinajstić information content (AvgIpc) is 2.58. The molecule has 0 bridgehead atoms. The molecule has 7 heteroatoms. The molecule has 0 aliphatic rings. The standard InChI is InChI=1S/C10H13N3O3S/c1-3-17(15,16)13-7-5-9-8(4-6(7)2)11-10(14)12-9/h4-5,13H,3H2,1-2H3,(H2,11,12,14). The van der Waals surface area contributed by atoms with E-state index in [4.69, 9.17) is 0 Å². The van der Waals surface area contributed by atoms with Crippen LogP contribution in [0.25, 0.3) is 11.0 Å². The second-order valence-electron chi connectivity index (χ2n) is 3.80. The Labute approximate surface area is 98.1 Å². The summed E-state index contributed by atoms with van der Waals surface area (Å²) in [5.74, 6) is 0.00807. The van der Waals surface area contributed by atoms with Gasteiger partial charge < -0.3 is 9.97 Å². The third-order valence-corrected chi connectivity index (χ3v) is 3.80. The highest BCUT2D eigenvalue weighted by atomic mass is 32.2. The first-order chi connectivity index (χ1) is 7.91. The minimum atomic E-state index is -3.31. The quantitative estimate of drug-likeness (QED) is 0.761. The molecule has 2 aromatic rings. The Hall–Kier alpha value is -1.76. The van der Waals surface area contributed by atoms with Crippen LogP contribution in [0.5, 0.6) is 0 Å². The van der Waals surface area contributed by atoms with Crippen LogP contribution in [0, 0.1) is 6.92 Å². The smallest absolute Gasteiger partial charge is 0.306 e. The summed E-state index contributed by atoms with van der Waals surface area (Å²) >= 11 is 0. The summed E-state index contributed by atoms with van der Waals surface area (Å²) in [5, 5.41) is 0. The number of hydrogen-bond acceptors (Lipinski definition) is 3. The molecule has 0 spiro atoms. The van der Waals surface area contributed by atoms with Crippen LogP contribution >= 0.6 is 0 Å². The number of anilines is 1. The van der Waals surface area contributed by atoms with Crippen molar-refractivity contribution in [1.29, 1.82) is 0 Å². The lowest BCUT2D eigenvalue weighted by atomic mass is 10.2. The molecule has 0 unspecified atom stereocenters. The van der Waals surface area contributed by atoms with Gasteiger partial charge in [0.25, 0.3) is 0 Å². The monoisotopic (exact) mass is 255 g/mol. The van der Waals surface area contributed by atoms with Gasteiger partial charge in [0.15, 0.2) is 0 Å². The summed E-state index contributed by atoms with van der Waals surface area (Å²) in [4.78, 5) is 16.3. The van der Waals surface area contributed by atoms with E-state index < -0.39 is 10.0 Å². The summed E-state index contributed by atoms with van der Waals surface area (Å²) in [6, 6.07) is 3.33. The Bertz CT molecular complexity index is 712. The van der Waals surface area contributed by atoms with E-state index in [1.807, 2.05) is 0 Å². The topological polar surface area (TPSA) is 94.8 Å². The molecule has 2 rings (SSSR count). The Morgan fingerprint density at radius 2 is 1.82 bits per heavy atom. The van der Waals surface area contributed by atoms with E-state index in [0.29, 0.717) is 16.7 Å². The first-order valence-electron chi connectivity index (χ1n) is 5.14. The molecule has 0 saturated carbocycles. The van der Waals surface area contributed by atoms with Crippen molar-refractivity contribution in [3.8, 4) is 0 Å². The molecule has 3 N–H and O–H groups in total. The molecular formula is C10H13N3O3S. The molecule has 0 radical (unpaired) electrons. The number of H-pyrrole nitrogens is 2. The number of nitrogens with one attached hydrogen (secondary N) is 3. The lowest BCUT2D eigenvalue weighted by Crippen LogP contribution is -2.15. The lowest BCUT2D eigenvalue weighted by molar-refractivity contribution is 0.602. The number of benzene rings is 1. The molecule has 0 saturated heterocycles. The molecule has 92 valence electrons. The van der Waals surface area contributed by atoms with Crippen molar-refractivity contribution in [2.75, 3.05) is 10.5 Å².